The van der Waals surface area contributed by atoms with E-state index < -0.39 is 17.4 Å². The summed E-state index contributed by atoms with van der Waals surface area (Å²) >= 11 is 0. The topological polar surface area (TPSA) is 134 Å². The molecule has 0 radical (unpaired) electrons. The average molecular weight is 355 g/mol. The second kappa shape index (κ2) is 8.28. The smallest absolute Gasteiger partial charge is 0.329 e. The van der Waals surface area contributed by atoms with Crippen molar-refractivity contribution in [3.05, 3.63) is 20.8 Å². The Bertz CT molecular complexity index is 822. The third kappa shape index (κ3) is 4.47. The first-order valence-electron chi connectivity index (χ1n) is 8.19. The molecule has 2 aromatic heterocycles. The van der Waals surface area contributed by atoms with Crippen molar-refractivity contribution in [2.75, 3.05) is 25.1 Å². The van der Waals surface area contributed by atoms with E-state index in [-0.39, 0.29) is 37.0 Å². The number of rotatable bonds is 9. The molecule has 0 saturated carbocycles. The molecule has 1 unspecified atom stereocenters. The van der Waals surface area contributed by atoms with Gasteiger partial charge in [-0.2, -0.15) is 4.98 Å². The Labute approximate surface area is 144 Å². The summed E-state index contributed by atoms with van der Waals surface area (Å²) < 4.78 is 8.16. The van der Waals surface area contributed by atoms with E-state index in [1.165, 1.54) is 16.2 Å². The van der Waals surface area contributed by atoms with E-state index in [0.29, 0.717) is 18.9 Å². The van der Waals surface area contributed by atoms with E-state index in [1.54, 1.807) is 0 Å². The number of aromatic nitrogens is 4. The zero-order valence-corrected chi connectivity index (χ0v) is 14.7. The lowest BCUT2D eigenvalue weighted by Crippen LogP contribution is -2.30. The van der Waals surface area contributed by atoms with Crippen molar-refractivity contribution in [3.63, 3.8) is 0 Å². The second-order valence-electron chi connectivity index (χ2n) is 6.08. The van der Waals surface area contributed by atoms with Gasteiger partial charge in [0.15, 0.2) is 11.2 Å². The monoisotopic (exact) mass is 355 g/mol. The molecular weight excluding hydrogens is 330 g/mol. The van der Waals surface area contributed by atoms with Crippen LogP contribution in [0.4, 0.5) is 5.95 Å². The van der Waals surface area contributed by atoms with Crippen LogP contribution in [-0.2, 0) is 18.3 Å². The van der Waals surface area contributed by atoms with E-state index in [4.69, 9.17) is 9.84 Å². The first kappa shape index (κ1) is 19.2. The minimum Gasteiger partial charge on any atom is -0.396 e. The molecule has 0 spiro atoms. The average Bonchev–Trinajstić information content (AvgIpc) is 2.90. The molecule has 10 heteroatoms. The number of hydrogen-bond acceptors (Lipinski definition) is 7. The molecule has 0 aliphatic carbocycles. The van der Waals surface area contributed by atoms with Crippen LogP contribution < -0.4 is 16.6 Å². The number of aliphatic hydroxyl groups is 2. The number of nitrogens with one attached hydrogen (secondary N) is 2. The summed E-state index contributed by atoms with van der Waals surface area (Å²) in [6.07, 6.45) is -0.382. The molecule has 0 saturated heterocycles. The lowest BCUT2D eigenvalue weighted by atomic mass is 10.3. The third-order valence-electron chi connectivity index (χ3n) is 3.64. The Morgan fingerprint density at radius 1 is 1.36 bits per heavy atom. The maximum atomic E-state index is 12.3. The summed E-state index contributed by atoms with van der Waals surface area (Å²) in [5.74, 6) is 0.346. The minimum atomic E-state index is -0.852. The van der Waals surface area contributed by atoms with Gasteiger partial charge in [0.25, 0.3) is 5.56 Å². The Balaban J connectivity index is 2.42. The molecule has 0 bridgehead atoms. The van der Waals surface area contributed by atoms with E-state index in [1.807, 2.05) is 13.8 Å². The zero-order valence-electron chi connectivity index (χ0n) is 14.7. The normalized spacial score (nSPS) is 12.9. The molecule has 10 nitrogen and oxygen atoms in total. The first-order chi connectivity index (χ1) is 11.8. The fourth-order valence-electron chi connectivity index (χ4n) is 2.39. The fourth-order valence-corrected chi connectivity index (χ4v) is 2.39. The molecule has 140 valence electrons. The summed E-state index contributed by atoms with van der Waals surface area (Å²) in [4.78, 5) is 30.6. The fraction of sp³-hybridized carbons (Fsp3) is 0.667. The molecular formula is C15H25N5O5. The van der Waals surface area contributed by atoms with Crippen molar-refractivity contribution in [2.24, 2.45) is 7.05 Å². The largest absolute Gasteiger partial charge is 0.396 e. The highest BCUT2D eigenvalue weighted by atomic mass is 16.5. The molecule has 0 amide bonds. The van der Waals surface area contributed by atoms with E-state index in [0.717, 1.165) is 0 Å². The highest BCUT2D eigenvalue weighted by Crippen LogP contribution is 2.16. The van der Waals surface area contributed by atoms with Gasteiger partial charge in [-0.3, -0.25) is 14.3 Å². The van der Waals surface area contributed by atoms with Crippen LogP contribution in [0.2, 0.25) is 0 Å². The van der Waals surface area contributed by atoms with Crippen LogP contribution in [0.25, 0.3) is 11.2 Å². The van der Waals surface area contributed by atoms with Crippen molar-refractivity contribution in [3.8, 4) is 0 Å². The van der Waals surface area contributed by atoms with Gasteiger partial charge in [0.2, 0.25) is 5.95 Å². The van der Waals surface area contributed by atoms with Crippen LogP contribution in [0.5, 0.6) is 0 Å². The van der Waals surface area contributed by atoms with Crippen molar-refractivity contribution in [2.45, 2.75) is 39.0 Å². The van der Waals surface area contributed by atoms with Crippen LogP contribution in [0.3, 0.4) is 0 Å². The molecule has 2 heterocycles. The maximum Gasteiger partial charge on any atom is 0.329 e. The van der Waals surface area contributed by atoms with E-state index in [2.05, 4.69) is 15.3 Å². The number of H-pyrrole nitrogens is 1. The Kier molecular flexibility index (Phi) is 6.34. The molecule has 4 N–H and O–H groups in total. The molecule has 1 atom stereocenters. The Morgan fingerprint density at radius 2 is 2.08 bits per heavy atom. The molecule has 25 heavy (non-hydrogen) atoms. The number of fused-ring (bicyclic) bond motifs is 1. The summed E-state index contributed by atoms with van der Waals surface area (Å²) in [5.41, 5.74) is -0.722. The van der Waals surface area contributed by atoms with Crippen LogP contribution in [-0.4, -0.2) is 61.3 Å². The quantitative estimate of drug-likeness (QED) is 0.424. The van der Waals surface area contributed by atoms with Gasteiger partial charge in [-0.05, 0) is 20.3 Å². The molecule has 0 aliphatic rings. The van der Waals surface area contributed by atoms with Crippen molar-refractivity contribution in [1.29, 1.82) is 0 Å². The van der Waals surface area contributed by atoms with Crippen LogP contribution in [0.1, 0.15) is 20.3 Å². The third-order valence-corrected chi connectivity index (χ3v) is 3.64. The highest BCUT2D eigenvalue weighted by Gasteiger charge is 2.19. The van der Waals surface area contributed by atoms with Gasteiger partial charge in [-0.1, -0.05) is 0 Å². The number of aromatic amines is 1. The molecule has 0 aromatic carbocycles. The number of anilines is 1. The highest BCUT2D eigenvalue weighted by molar-refractivity contribution is 5.74. The number of ether oxygens (including phenoxy) is 1. The summed E-state index contributed by atoms with van der Waals surface area (Å²) in [6, 6.07) is 0. The number of imidazole rings is 1. The Hall–Kier alpha value is -2.17. The number of hydrogen-bond donors (Lipinski definition) is 4. The summed E-state index contributed by atoms with van der Waals surface area (Å²) in [5, 5.41) is 22.2. The number of aliphatic hydroxyl groups excluding tert-OH is 2. The summed E-state index contributed by atoms with van der Waals surface area (Å²) in [7, 11) is 1.51. The van der Waals surface area contributed by atoms with Crippen molar-refractivity contribution >= 4 is 17.1 Å². The Morgan fingerprint density at radius 3 is 2.72 bits per heavy atom. The second-order valence-corrected chi connectivity index (χ2v) is 6.08. The number of aryl methyl sites for hydroxylation is 1. The standard InChI is InChI=1S/C15H25N5O5/c1-9(2)25-8-10(22)7-20-11-12(17-14(20)16-5-4-6-21)19(3)15(24)18-13(11)23/h9-10,21-22H,4-8H2,1-3H3,(H,16,17)(H,18,23,24). The van der Waals surface area contributed by atoms with Crippen molar-refractivity contribution in [1.82, 2.24) is 19.1 Å². The molecule has 0 fully saturated rings. The van der Waals surface area contributed by atoms with Crippen LogP contribution >= 0.6 is 0 Å². The molecule has 2 aromatic rings. The van der Waals surface area contributed by atoms with E-state index >= 15 is 0 Å². The van der Waals surface area contributed by atoms with Gasteiger partial charge in [0.05, 0.1) is 25.4 Å². The van der Waals surface area contributed by atoms with Crippen molar-refractivity contribution < 1.29 is 14.9 Å². The lowest BCUT2D eigenvalue weighted by molar-refractivity contribution is -0.000107. The van der Waals surface area contributed by atoms with Gasteiger partial charge >= 0.3 is 5.69 Å². The molecule has 0 aliphatic heterocycles. The van der Waals surface area contributed by atoms with Gasteiger partial charge in [0.1, 0.15) is 0 Å². The first-order valence-corrected chi connectivity index (χ1v) is 8.19. The minimum absolute atomic E-state index is 0.0111. The van der Waals surface area contributed by atoms with Crippen LogP contribution in [0, 0.1) is 0 Å². The zero-order chi connectivity index (χ0) is 18.6. The molecule has 2 rings (SSSR count). The van der Waals surface area contributed by atoms with Gasteiger partial charge in [0, 0.05) is 20.2 Å². The predicted molar refractivity (Wildman–Crippen MR) is 92.9 cm³/mol. The predicted octanol–water partition coefficient (Wildman–Crippen LogP) is -0.996. The SMILES string of the molecule is CC(C)OCC(O)Cn1c(NCCCO)nc2c1c(=O)[nH]c(=O)n2C. The maximum absolute atomic E-state index is 12.3. The van der Waals surface area contributed by atoms with Gasteiger partial charge in [-0.25, -0.2) is 4.79 Å². The summed E-state index contributed by atoms with van der Waals surface area (Å²) in [6.45, 7) is 4.36. The van der Waals surface area contributed by atoms with E-state index in [9.17, 15) is 14.7 Å². The number of nitrogens with zero attached hydrogens (tertiary/aromatic N) is 3. The van der Waals surface area contributed by atoms with Gasteiger partial charge < -0.3 is 24.8 Å². The lowest BCUT2D eigenvalue weighted by Gasteiger charge is -2.16. The van der Waals surface area contributed by atoms with Crippen LogP contribution in [0.15, 0.2) is 9.59 Å². The van der Waals surface area contributed by atoms with Gasteiger partial charge in [-0.15, -0.1) is 0 Å².